The number of hydrogen-bond donors (Lipinski definition) is 0. The lowest BCUT2D eigenvalue weighted by atomic mass is 9.80. The minimum atomic E-state index is 0.182. The molecule has 1 aliphatic rings. The minimum absolute atomic E-state index is 0.182. The molecular formula is C10H19NO. The Balaban J connectivity index is 2.70. The van der Waals surface area contributed by atoms with Crippen LogP contribution in [0.25, 0.3) is 0 Å². The summed E-state index contributed by atoms with van der Waals surface area (Å²) in [4.78, 5) is 13.6. The zero-order chi connectivity index (χ0) is 9.35. The zero-order valence-corrected chi connectivity index (χ0v) is 8.55. The zero-order valence-electron chi connectivity index (χ0n) is 8.55. The second kappa shape index (κ2) is 3.17. The van der Waals surface area contributed by atoms with Crippen molar-refractivity contribution in [3.8, 4) is 0 Å². The number of rotatable bonds is 2. The maximum atomic E-state index is 11.3. The van der Waals surface area contributed by atoms with Crippen LogP contribution in [0.1, 0.15) is 27.7 Å². The Kier molecular flexibility index (Phi) is 2.57. The summed E-state index contributed by atoms with van der Waals surface area (Å²) < 4.78 is 0. The van der Waals surface area contributed by atoms with Gasteiger partial charge in [0.2, 0.25) is 0 Å². The van der Waals surface area contributed by atoms with Gasteiger partial charge in [0.1, 0.15) is 5.78 Å². The van der Waals surface area contributed by atoms with Crippen molar-refractivity contribution in [3.63, 3.8) is 0 Å². The van der Waals surface area contributed by atoms with Crippen LogP contribution in [0, 0.1) is 11.3 Å². The molecule has 0 aromatic rings. The molecule has 1 heterocycles. The highest BCUT2D eigenvalue weighted by atomic mass is 16.1. The van der Waals surface area contributed by atoms with E-state index >= 15 is 0 Å². The molecule has 1 rings (SSSR count). The molecule has 0 unspecified atom stereocenters. The van der Waals surface area contributed by atoms with Gasteiger partial charge in [0.05, 0.1) is 0 Å². The largest absolute Gasteiger partial charge is 0.302 e. The topological polar surface area (TPSA) is 20.3 Å². The van der Waals surface area contributed by atoms with E-state index in [1.165, 1.54) is 0 Å². The maximum absolute atomic E-state index is 11.3. The van der Waals surface area contributed by atoms with Crippen molar-refractivity contribution in [2.45, 2.75) is 27.7 Å². The number of Topliss-reactive ketones (excluding diaryl/α,β-unsaturated/α-hetero) is 1. The fourth-order valence-electron chi connectivity index (χ4n) is 2.18. The molecule has 1 saturated heterocycles. The number of carbonyl (C=O) groups excluding carboxylic acids is 1. The van der Waals surface area contributed by atoms with E-state index < -0.39 is 0 Å². The van der Waals surface area contributed by atoms with Crippen LogP contribution in [0.15, 0.2) is 0 Å². The lowest BCUT2D eigenvalue weighted by molar-refractivity contribution is -0.122. The molecule has 2 heteroatoms. The molecule has 0 radical (unpaired) electrons. The SMILES string of the molecule is CCN1C[C@H](C(C)=O)C(C)(C)C1. The molecule has 0 bridgehead atoms. The summed E-state index contributed by atoms with van der Waals surface area (Å²) in [5, 5.41) is 0. The van der Waals surface area contributed by atoms with Crippen LogP contribution < -0.4 is 0 Å². The number of carbonyl (C=O) groups is 1. The first-order valence-corrected chi connectivity index (χ1v) is 4.70. The molecule has 1 atom stereocenters. The second-order valence-electron chi connectivity index (χ2n) is 4.48. The van der Waals surface area contributed by atoms with E-state index in [1.54, 1.807) is 6.92 Å². The summed E-state index contributed by atoms with van der Waals surface area (Å²) in [5.74, 6) is 0.591. The molecule has 2 nitrogen and oxygen atoms in total. The number of hydrogen-bond acceptors (Lipinski definition) is 2. The van der Waals surface area contributed by atoms with Crippen molar-refractivity contribution in [1.29, 1.82) is 0 Å². The summed E-state index contributed by atoms with van der Waals surface area (Å²) in [6.45, 7) is 11.3. The van der Waals surface area contributed by atoms with Crippen LogP contribution in [-0.2, 0) is 4.79 Å². The quantitative estimate of drug-likeness (QED) is 0.625. The molecule has 70 valence electrons. The first-order valence-electron chi connectivity index (χ1n) is 4.70. The van der Waals surface area contributed by atoms with Crippen LogP contribution in [0.5, 0.6) is 0 Å². The van der Waals surface area contributed by atoms with Gasteiger partial charge in [-0.25, -0.2) is 0 Å². The Labute approximate surface area is 74.9 Å². The van der Waals surface area contributed by atoms with Crippen LogP contribution >= 0.6 is 0 Å². The first kappa shape index (κ1) is 9.72. The Morgan fingerprint density at radius 3 is 2.42 bits per heavy atom. The Morgan fingerprint density at radius 1 is 1.58 bits per heavy atom. The molecule has 1 aliphatic heterocycles. The second-order valence-corrected chi connectivity index (χ2v) is 4.48. The number of ketones is 1. The van der Waals surface area contributed by atoms with E-state index in [0.717, 1.165) is 19.6 Å². The fraction of sp³-hybridized carbons (Fsp3) is 0.900. The molecule has 0 N–H and O–H groups in total. The van der Waals surface area contributed by atoms with E-state index in [-0.39, 0.29) is 11.3 Å². The van der Waals surface area contributed by atoms with Crippen molar-refractivity contribution >= 4 is 5.78 Å². The van der Waals surface area contributed by atoms with Gasteiger partial charge in [-0.05, 0) is 18.9 Å². The van der Waals surface area contributed by atoms with Crippen molar-refractivity contribution in [1.82, 2.24) is 4.90 Å². The normalized spacial score (nSPS) is 29.2. The Hall–Kier alpha value is -0.370. The van der Waals surface area contributed by atoms with Gasteiger partial charge in [-0.15, -0.1) is 0 Å². The number of likely N-dealkylation sites (tertiary alicyclic amines) is 1. The third-order valence-corrected chi connectivity index (χ3v) is 2.95. The van der Waals surface area contributed by atoms with E-state index in [1.807, 2.05) is 0 Å². The van der Waals surface area contributed by atoms with Gasteiger partial charge in [0.15, 0.2) is 0 Å². The van der Waals surface area contributed by atoms with Gasteiger partial charge in [-0.1, -0.05) is 20.8 Å². The molecule has 1 fully saturated rings. The van der Waals surface area contributed by atoms with Crippen molar-refractivity contribution in [2.75, 3.05) is 19.6 Å². The fourth-order valence-corrected chi connectivity index (χ4v) is 2.18. The van der Waals surface area contributed by atoms with Gasteiger partial charge >= 0.3 is 0 Å². The lowest BCUT2D eigenvalue weighted by Crippen LogP contribution is -2.27. The third-order valence-electron chi connectivity index (χ3n) is 2.95. The van der Waals surface area contributed by atoms with Gasteiger partial charge < -0.3 is 4.90 Å². The standard InChI is InChI=1S/C10H19NO/c1-5-11-6-9(8(2)12)10(3,4)7-11/h9H,5-7H2,1-4H3/t9-/m1/s1. The summed E-state index contributed by atoms with van der Waals surface area (Å²) in [7, 11) is 0. The molecule has 0 aromatic heterocycles. The van der Waals surface area contributed by atoms with Gasteiger partial charge in [-0.3, -0.25) is 4.79 Å². The summed E-state index contributed by atoms with van der Waals surface area (Å²) >= 11 is 0. The van der Waals surface area contributed by atoms with Gasteiger partial charge in [0.25, 0.3) is 0 Å². The van der Waals surface area contributed by atoms with Crippen molar-refractivity contribution in [3.05, 3.63) is 0 Å². The number of nitrogens with zero attached hydrogens (tertiary/aromatic N) is 1. The molecule has 12 heavy (non-hydrogen) atoms. The first-order chi connectivity index (χ1) is 5.47. The molecule has 0 spiro atoms. The summed E-state index contributed by atoms with van der Waals surface area (Å²) in [5.41, 5.74) is 0.182. The summed E-state index contributed by atoms with van der Waals surface area (Å²) in [6.07, 6.45) is 0. The highest BCUT2D eigenvalue weighted by Gasteiger charge is 2.40. The van der Waals surface area contributed by atoms with E-state index in [4.69, 9.17) is 0 Å². The lowest BCUT2D eigenvalue weighted by Gasteiger charge is -2.23. The van der Waals surface area contributed by atoms with Gasteiger partial charge in [-0.2, -0.15) is 0 Å². The Bertz CT molecular complexity index is 186. The predicted molar refractivity (Wildman–Crippen MR) is 50.1 cm³/mol. The van der Waals surface area contributed by atoms with Crippen LogP contribution in [0.4, 0.5) is 0 Å². The predicted octanol–water partition coefficient (Wildman–Crippen LogP) is 1.55. The van der Waals surface area contributed by atoms with E-state index in [2.05, 4.69) is 25.7 Å². The average molecular weight is 169 g/mol. The van der Waals surface area contributed by atoms with Crippen LogP contribution in [0.2, 0.25) is 0 Å². The van der Waals surface area contributed by atoms with Crippen molar-refractivity contribution < 1.29 is 4.79 Å². The Morgan fingerprint density at radius 2 is 2.17 bits per heavy atom. The highest BCUT2D eigenvalue weighted by Crippen LogP contribution is 2.35. The monoisotopic (exact) mass is 169 g/mol. The van der Waals surface area contributed by atoms with Crippen LogP contribution in [-0.4, -0.2) is 30.3 Å². The van der Waals surface area contributed by atoms with Crippen LogP contribution in [0.3, 0.4) is 0 Å². The molecule has 0 amide bonds. The summed E-state index contributed by atoms with van der Waals surface area (Å²) in [6, 6.07) is 0. The maximum Gasteiger partial charge on any atom is 0.134 e. The van der Waals surface area contributed by atoms with E-state index in [0.29, 0.717) is 5.78 Å². The molecule has 0 saturated carbocycles. The molecule has 0 aliphatic carbocycles. The average Bonchev–Trinajstić information content (AvgIpc) is 2.25. The third kappa shape index (κ3) is 1.69. The molecular weight excluding hydrogens is 150 g/mol. The van der Waals surface area contributed by atoms with Gasteiger partial charge in [0, 0.05) is 19.0 Å². The minimum Gasteiger partial charge on any atom is -0.302 e. The van der Waals surface area contributed by atoms with E-state index in [9.17, 15) is 4.79 Å². The van der Waals surface area contributed by atoms with Crippen molar-refractivity contribution in [2.24, 2.45) is 11.3 Å². The highest BCUT2D eigenvalue weighted by molar-refractivity contribution is 5.79. The smallest absolute Gasteiger partial charge is 0.134 e. The molecule has 0 aromatic carbocycles.